The van der Waals surface area contributed by atoms with E-state index in [0.717, 1.165) is 38.0 Å². The fourth-order valence-corrected chi connectivity index (χ4v) is 5.79. The van der Waals surface area contributed by atoms with E-state index >= 15 is 0 Å². The Labute approximate surface area is 163 Å². The summed E-state index contributed by atoms with van der Waals surface area (Å²) >= 11 is 1.73. The molecule has 1 aromatic carbocycles. The molecule has 2 N–H and O–H groups in total. The van der Waals surface area contributed by atoms with E-state index in [1.807, 2.05) is 6.07 Å². The molecule has 1 fully saturated rings. The highest BCUT2D eigenvalue weighted by molar-refractivity contribution is 7.89. The number of fused-ring (bicyclic) bond motifs is 1. The van der Waals surface area contributed by atoms with Crippen LogP contribution in [0, 0.1) is 0 Å². The molecule has 1 saturated heterocycles. The zero-order valence-electron chi connectivity index (χ0n) is 15.0. The van der Waals surface area contributed by atoms with Crippen LogP contribution in [0.2, 0.25) is 0 Å². The number of likely N-dealkylation sites (tertiary alicyclic amines) is 1. The van der Waals surface area contributed by atoms with Gasteiger partial charge in [-0.15, -0.1) is 11.3 Å². The van der Waals surface area contributed by atoms with E-state index < -0.39 is 10.0 Å². The predicted molar refractivity (Wildman–Crippen MR) is 106 cm³/mol. The molecule has 3 heterocycles. The van der Waals surface area contributed by atoms with Gasteiger partial charge in [-0.25, -0.2) is 13.1 Å². The van der Waals surface area contributed by atoms with Crippen LogP contribution >= 0.6 is 11.3 Å². The number of nitrogens with one attached hydrogen (secondary N) is 2. The Bertz CT molecular complexity index is 926. The Kier molecular flexibility index (Phi) is 5.32. The van der Waals surface area contributed by atoms with Crippen molar-refractivity contribution in [3.63, 3.8) is 0 Å². The summed E-state index contributed by atoms with van der Waals surface area (Å²) in [5.74, 6) is -0.0238. The van der Waals surface area contributed by atoms with Gasteiger partial charge in [0.05, 0.1) is 4.90 Å². The lowest BCUT2D eigenvalue weighted by molar-refractivity contribution is -0.116. The molecule has 2 aliphatic rings. The number of benzene rings is 1. The third-order valence-corrected chi connectivity index (χ3v) is 7.45. The number of hydrogen-bond donors (Lipinski definition) is 2. The van der Waals surface area contributed by atoms with Gasteiger partial charge in [0.2, 0.25) is 15.9 Å². The van der Waals surface area contributed by atoms with Crippen molar-refractivity contribution in [3.05, 3.63) is 46.2 Å². The molecule has 0 aliphatic carbocycles. The van der Waals surface area contributed by atoms with Gasteiger partial charge < -0.3 is 5.32 Å². The Morgan fingerprint density at radius 1 is 1.26 bits per heavy atom. The Balaban J connectivity index is 1.44. The summed E-state index contributed by atoms with van der Waals surface area (Å²) < 4.78 is 28.6. The minimum absolute atomic E-state index is 0.0238. The maximum atomic E-state index is 12.9. The molecule has 1 amide bonds. The highest BCUT2D eigenvalue weighted by Crippen LogP contribution is 2.26. The third kappa shape index (κ3) is 4.40. The SMILES string of the molecule is O=C1CCc2cc(S(=O)(=O)NC3CCCN(Cc4cccs4)C3)ccc2N1. The lowest BCUT2D eigenvalue weighted by Gasteiger charge is -2.32. The summed E-state index contributed by atoms with van der Waals surface area (Å²) in [6.45, 7) is 2.58. The van der Waals surface area contributed by atoms with E-state index in [2.05, 4.69) is 26.4 Å². The van der Waals surface area contributed by atoms with Crippen LogP contribution in [0.1, 0.15) is 29.7 Å². The summed E-state index contributed by atoms with van der Waals surface area (Å²) in [5.41, 5.74) is 1.59. The summed E-state index contributed by atoms with van der Waals surface area (Å²) in [6, 6.07) is 9.01. The molecule has 1 atom stereocenters. The second-order valence-electron chi connectivity index (χ2n) is 7.14. The number of carbonyl (C=O) groups is 1. The zero-order valence-corrected chi connectivity index (χ0v) is 16.6. The summed E-state index contributed by atoms with van der Waals surface area (Å²) in [6.07, 6.45) is 2.79. The lowest BCUT2D eigenvalue weighted by atomic mass is 10.0. The standard InChI is InChI=1S/C19H23N3O3S2/c23-19-8-5-14-11-17(6-7-18(14)20-19)27(24,25)21-15-3-1-9-22(12-15)13-16-4-2-10-26-16/h2,4,6-7,10-11,15,21H,1,3,5,8-9,12-13H2,(H,20,23). The first kappa shape index (κ1) is 18.6. The molecule has 0 saturated carbocycles. The van der Waals surface area contributed by atoms with Crippen molar-refractivity contribution < 1.29 is 13.2 Å². The second-order valence-corrected chi connectivity index (χ2v) is 9.89. The maximum Gasteiger partial charge on any atom is 0.240 e. The topological polar surface area (TPSA) is 78.5 Å². The highest BCUT2D eigenvalue weighted by Gasteiger charge is 2.26. The molecular weight excluding hydrogens is 382 g/mol. The average molecular weight is 406 g/mol. The average Bonchev–Trinajstić information content (AvgIpc) is 3.14. The zero-order chi connectivity index (χ0) is 18.9. The van der Waals surface area contributed by atoms with Gasteiger partial charge in [-0.3, -0.25) is 9.69 Å². The van der Waals surface area contributed by atoms with E-state index in [-0.39, 0.29) is 16.8 Å². The number of anilines is 1. The minimum Gasteiger partial charge on any atom is -0.326 e. The molecule has 8 heteroatoms. The predicted octanol–water partition coefficient (Wildman–Crippen LogP) is 2.58. The number of piperidine rings is 1. The van der Waals surface area contributed by atoms with Crippen molar-refractivity contribution in [2.24, 2.45) is 0 Å². The molecule has 144 valence electrons. The van der Waals surface area contributed by atoms with Gasteiger partial charge in [0, 0.05) is 36.1 Å². The Morgan fingerprint density at radius 2 is 2.15 bits per heavy atom. The molecular formula is C19H23N3O3S2. The molecule has 6 nitrogen and oxygen atoms in total. The number of amides is 1. The van der Waals surface area contributed by atoms with Crippen LogP contribution in [0.4, 0.5) is 5.69 Å². The van der Waals surface area contributed by atoms with Gasteiger partial charge in [0.15, 0.2) is 0 Å². The fourth-order valence-electron chi connectivity index (χ4n) is 3.73. The molecule has 0 spiro atoms. The van der Waals surface area contributed by atoms with E-state index in [4.69, 9.17) is 0 Å². The molecule has 2 aliphatic heterocycles. The molecule has 0 radical (unpaired) electrons. The van der Waals surface area contributed by atoms with Crippen LogP contribution in [-0.4, -0.2) is 38.4 Å². The van der Waals surface area contributed by atoms with Crippen LogP contribution in [0.25, 0.3) is 0 Å². The van der Waals surface area contributed by atoms with Crippen LogP contribution in [-0.2, 0) is 27.8 Å². The summed E-state index contributed by atoms with van der Waals surface area (Å²) in [4.78, 5) is 15.4. The number of nitrogens with zero attached hydrogens (tertiary/aromatic N) is 1. The quantitative estimate of drug-likeness (QED) is 0.801. The number of rotatable bonds is 5. The number of carbonyl (C=O) groups excluding carboxylic acids is 1. The van der Waals surface area contributed by atoms with Crippen LogP contribution in [0.5, 0.6) is 0 Å². The lowest BCUT2D eigenvalue weighted by Crippen LogP contribution is -2.47. The van der Waals surface area contributed by atoms with Gasteiger partial charge in [-0.05, 0) is 61.0 Å². The normalized spacial score (nSPS) is 20.9. The van der Waals surface area contributed by atoms with Crippen molar-refractivity contribution in [1.29, 1.82) is 0 Å². The molecule has 27 heavy (non-hydrogen) atoms. The van der Waals surface area contributed by atoms with E-state index in [1.54, 1.807) is 29.5 Å². The van der Waals surface area contributed by atoms with Crippen molar-refractivity contribution in [2.45, 2.75) is 43.2 Å². The number of thiophene rings is 1. The highest BCUT2D eigenvalue weighted by atomic mass is 32.2. The van der Waals surface area contributed by atoms with Gasteiger partial charge in [-0.2, -0.15) is 0 Å². The van der Waals surface area contributed by atoms with Crippen molar-refractivity contribution in [3.8, 4) is 0 Å². The molecule has 2 aromatic rings. The number of hydrogen-bond acceptors (Lipinski definition) is 5. The van der Waals surface area contributed by atoms with Gasteiger partial charge >= 0.3 is 0 Å². The monoisotopic (exact) mass is 405 g/mol. The van der Waals surface area contributed by atoms with Crippen molar-refractivity contribution >= 4 is 33.0 Å². The molecule has 1 unspecified atom stereocenters. The first-order chi connectivity index (χ1) is 13.0. The third-order valence-electron chi connectivity index (χ3n) is 5.07. The van der Waals surface area contributed by atoms with E-state index in [9.17, 15) is 13.2 Å². The van der Waals surface area contributed by atoms with Gasteiger partial charge in [0.1, 0.15) is 0 Å². The fraction of sp³-hybridized carbons (Fsp3) is 0.421. The largest absolute Gasteiger partial charge is 0.326 e. The van der Waals surface area contributed by atoms with E-state index in [1.165, 1.54) is 4.88 Å². The smallest absolute Gasteiger partial charge is 0.240 e. The van der Waals surface area contributed by atoms with Crippen molar-refractivity contribution in [2.75, 3.05) is 18.4 Å². The molecule has 0 bridgehead atoms. The number of sulfonamides is 1. The Morgan fingerprint density at radius 3 is 2.96 bits per heavy atom. The minimum atomic E-state index is -3.58. The van der Waals surface area contributed by atoms with Crippen molar-refractivity contribution in [1.82, 2.24) is 9.62 Å². The molecule has 4 rings (SSSR count). The summed E-state index contributed by atoms with van der Waals surface area (Å²) in [5, 5.41) is 4.85. The van der Waals surface area contributed by atoms with E-state index in [0.29, 0.717) is 18.5 Å². The van der Waals surface area contributed by atoms with Crippen LogP contribution in [0.3, 0.4) is 0 Å². The Hall–Kier alpha value is -1.74. The molecule has 1 aromatic heterocycles. The maximum absolute atomic E-state index is 12.9. The van der Waals surface area contributed by atoms with Gasteiger partial charge in [-0.1, -0.05) is 6.07 Å². The second kappa shape index (κ2) is 7.71. The van der Waals surface area contributed by atoms with Crippen LogP contribution < -0.4 is 10.0 Å². The first-order valence-corrected chi connectivity index (χ1v) is 11.6. The summed E-state index contributed by atoms with van der Waals surface area (Å²) in [7, 11) is -3.58. The first-order valence-electron chi connectivity index (χ1n) is 9.19. The number of aryl methyl sites for hydroxylation is 1. The van der Waals surface area contributed by atoms with Gasteiger partial charge in [0.25, 0.3) is 0 Å². The van der Waals surface area contributed by atoms with Crippen LogP contribution in [0.15, 0.2) is 40.6 Å².